The van der Waals surface area contributed by atoms with Gasteiger partial charge in [0.05, 0.1) is 28.1 Å². The average molecular weight is 631 g/mol. The van der Waals surface area contributed by atoms with E-state index in [1.807, 2.05) is 0 Å². The molecule has 0 radical (unpaired) electrons. The number of hydrogen-bond acceptors (Lipinski definition) is 8. The van der Waals surface area contributed by atoms with Gasteiger partial charge in [0.25, 0.3) is 5.91 Å². The number of hydrogen-bond donors (Lipinski definition) is 1. The van der Waals surface area contributed by atoms with Gasteiger partial charge in [-0.1, -0.05) is 0 Å². The first-order valence-electron chi connectivity index (χ1n) is 14.4. The molecule has 44 heavy (non-hydrogen) atoms. The number of amides is 4. The van der Waals surface area contributed by atoms with Gasteiger partial charge in [-0.2, -0.15) is 13.2 Å². The lowest BCUT2D eigenvalue weighted by atomic mass is 10.0. The number of anilines is 1. The Morgan fingerprint density at radius 3 is 2.57 bits per heavy atom. The molecule has 6 rings (SSSR count). The van der Waals surface area contributed by atoms with Gasteiger partial charge < -0.3 is 19.9 Å². The van der Waals surface area contributed by atoms with Gasteiger partial charge >= 0.3 is 18.3 Å². The Morgan fingerprint density at radius 2 is 1.93 bits per heavy atom. The van der Waals surface area contributed by atoms with Crippen molar-refractivity contribution in [2.24, 2.45) is 0 Å². The Bertz CT molecular complexity index is 1680. The summed E-state index contributed by atoms with van der Waals surface area (Å²) in [7, 11) is 1.63. The van der Waals surface area contributed by atoms with Crippen molar-refractivity contribution in [3.05, 3.63) is 40.5 Å². The Kier molecular flexibility index (Phi) is 7.06. The molecule has 3 aliphatic rings. The van der Waals surface area contributed by atoms with Gasteiger partial charge in [-0.15, -0.1) is 11.3 Å². The van der Waals surface area contributed by atoms with Gasteiger partial charge in [0.2, 0.25) is 0 Å². The number of carbonyl (C=O) groups excluding carboxylic acids is 3. The minimum Gasteiger partial charge on any atom is -0.444 e. The summed E-state index contributed by atoms with van der Waals surface area (Å²) in [6.07, 6.45) is -1.77. The summed E-state index contributed by atoms with van der Waals surface area (Å²) >= 11 is 1.27. The summed E-state index contributed by atoms with van der Waals surface area (Å²) in [4.78, 5) is 52.0. The lowest BCUT2D eigenvalue weighted by Crippen LogP contribution is -2.36. The maximum atomic E-state index is 14.0. The van der Waals surface area contributed by atoms with Crippen LogP contribution in [0.15, 0.2) is 24.4 Å². The predicted molar refractivity (Wildman–Crippen MR) is 158 cm³/mol. The zero-order valence-corrected chi connectivity index (χ0v) is 25.9. The van der Waals surface area contributed by atoms with Crippen molar-refractivity contribution in [3.63, 3.8) is 0 Å². The number of urea groups is 1. The van der Waals surface area contributed by atoms with Crippen molar-refractivity contribution in [2.75, 3.05) is 25.5 Å². The van der Waals surface area contributed by atoms with E-state index < -0.39 is 29.1 Å². The minimum atomic E-state index is -4.67. The number of aromatic nitrogens is 2. The zero-order valence-electron chi connectivity index (χ0n) is 25.0. The first-order valence-corrected chi connectivity index (χ1v) is 15.2. The fraction of sp³-hybridized carbons (Fsp3) is 0.500. The quantitative estimate of drug-likeness (QED) is 0.343. The third kappa shape index (κ3) is 5.33. The van der Waals surface area contributed by atoms with Crippen LogP contribution in [0.5, 0.6) is 0 Å². The summed E-state index contributed by atoms with van der Waals surface area (Å²) in [5.74, 6) is -0.228. The Balaban J connectivity index is 1.34. The van der Waals surface area contributed by atoms with E-state index in [0.717, 1.165) is 6.07 Å². The van der Waals surface area contributed by atoms with Crippen LogP contribution in [0.3, 0.4) is 0 Å². The molecule has 10 nitrogen and oxygen atoms in total. The lowest BCUT2D eigenvalue weighted by Gasteiger charge is -2.25. The maximum absolute atomic E-state index is 14.0. The number of rotatable bonds is 5. The van der Waals surface area contributed by atoms with Gasteiger partial charge in [0.15, 0.2) is 0 Å². The second kappa shape index (κ2) is 10.3. The van der Waals surface area contributed by atoms with Crippen LogP contribution in [-0.2, 0) is 22.3 Å². The molecule has 1 N–H and O–H groups in total. The van der Waals surface area contributed by atoms with Gasteiger partial charge in [0.1, 0.15) is 16.8 Å². The maximum Gasteiger partial charge on any atom is 0.433 e. The van der Waals surface area contributed by atoms with E-state index in [4.69, 9.17) is 4.74 Å². The number of imide groups is 1. The molecule has 1 atom stereocenters. The normalized spacial score (nSPS) is 19.9. The number of carbonyl (C=O) groups is 3. The molecule has 0 bridgehead atoms. The molecule has 2 aliphatic heterocycles. The van der Waals surface area contributed by atoms with Gasteiger partial charge in [0, 0.05) is 42.8 Å². The number of nitrogens with zero attached hydrogens (tertiary/aromatic N) is 5. The molecule has 5 heterocycles. The number of likely N-dealkylation sites (tertiary alicyclic amines) is 1. The van der Waals surface area contributed by atoms with Crippen LogP contribution in [-0.4, -0.2) is 80.0 Å². The number of aryl methyl sites for hydroxylation is 1. The molecule has 4 amide bonds. The molecule has 2 saturated heterocycles. The molecule has 1 spiro atoms. The molecule has 3 aromatic heterocycles. The lowest BCUT2D eigenvalue weighted by molar-refractivity contribution is -0.141. The highest BCUT2D eigenvalue weighted by atomic mass is 32.1. The first-order chi connectivity index (χ1) is 20.6. The Hall–Kier alpha value is -3.94. The number of halogens is 3. The molecule has 0 aromatic carbocycles. The highest BCUT2D eigenvalue weighted by molar-refractivity contribution is 7.19. The van der Waals surface area contributed by atoms with Crippen LogP contribution >= 0.6 is 11.3 Å². The van der Waals surface area contributed by atoms with Crippen molar-refractivity contribution >= 4 is 45.3 Å². The fourth-order valence-corrected chi connectivity index (χ4v) is 6.95. The van der Waals surface area contributed by atoms with E-state index in [2.05, 4.69) is 15.3 Å². The summed E-state index contributed by atoms with van der Waals surface area (Å²) in [5.41, 5.74) is -0.555. The monoisotopic (exact) mass is 630 g/mol. The summed E-state index contributed by atoms with van der Waals surface area (Å²) in [6, 6.07) is 3.78. The van der Waals surface area contributed by atoms with Crippen LogP contribution in [0.4, 0.5) is 28.4 Å². The van der Waals surface area contributed by atoms with Crippen molar-refractivity contribution in [1.82, 2.24) is 24.7 Å². The van der Waals surface area contributed by atoms with E-state index in [9.17, 15) is 27.6 Å². The number of nitrogens with one attached hydrogen (secondary N) is 1. The molecule has 3 fully saturated rings. The molecule has 14 heteroatoms. The minimum absolute atomic E-state index is 0.0486. The van der Waals surface area contributed by atoms with Gasteiger partial charge in [-0.3, -0.25) is 14.7 Å². The molecule has 1 saturated carbocycles. The number of pyridine rings is 2. The standard InChI is InChI=1S/C30H33F3N6O4S/c1-16-12-21(30(31,32)33)36-23(22(16)35-17-7-11-38(14-17)27(42)43-28(2,3)4)19-6-10-34-20-13-18(44-24(19)20)15-39-25(40)29(8-9-29)37(5)26(39)41/h6,10,12-13,17,35H,7-9,11,14-15H2,1-5H3. The topological polar surface area (TPSA) is 108 Å². The van der Waals surface area contributed by atoms with Crippen LogP contribution in [0.1, 0.15) is 56.2 Å². The fourth-order valence-electron chi connectivity index (χ4n) is 5.83. The van der Waals surface area contributed by atoms with E-state index in [1.165, 1.54) is 27.3 Å². The van der Waals surface area contributed by atoms with Crippen molar-refractivity contribution < 1.29 is 32.3 Å². The zero-order chi connectivity index (χ0) is 31.8. The Labute approximate surface area is 256 Å². The molecule has 1 aliphatic carbocycles. The van der Waals surface area contributed by atoms with Crippen LogP contribution in [0, 0.1) is 6.92 Å². The smallest absolute Gasteiger partial charge is 0.433 e. The second-order valence-corrected chi connectivity index (χ2v) is 13.8. The van der Waals surface area contributed by atoms with Crippen LogP contribution < -0.4 is 5.32 Å². The average Bonchev–Trinajstić information content (AvgIpc) is 3.35. The first kappa shape index (κ1) is 30.1. The number of alkyl halides is 3. The number of thiophene rings is 1. The summed E-state index contributed by atoms with van der Waals surface area (Å²) in [6.45, 7) is 7.76. The van der Waals surface area contributed by atoms with Gasteiger partial charge in [-0.05, 0) is 70.7 Å². The highest BCUT2D eigenvalue weighted by Crippen LogP contribution is 2.48. The molecular formula is C30H33F3N6O4S. The number of ether oxygens (including phenoxy) is 1. The highest BCUT2D eigenvalue weighted by Gasteiger charge is 2.63. The van der Waals surface area contributed by atoms with E-state index >= 15 is 0 Å². The third-order valence-electron chi connectivity index (χ3n) is 8.25. The summed E-state index contributed by atoms with van der Waals surface area (Å²) < 4.78 is 48.0. The number of fused-ring (bicyclic) bond motifs is 1. The van der Waals surface area contributed by atoms with Crippen molar-refractivity contribution in [1.29, 1.82) is 0 Å². The van der Waals surface area contributed by atoms with Gasteiger partial charge in [-0.25, -0.2) is 14.6 Å². The largest absolute Gasteiger partial charge is 0.444 e. The van der Waals surface area contributed by atoms with Crippen molar-refractivity contribution in [3.8, 4) is 11.3 Å². The molecule has 234 valence electrons. The SMILES string of the molecule is Cc1cc(C(F)(F)F)nc(-c2ccnc3cc(CN4C(=O)N(C)C5(CC5)C4=O)sc23)c1NC1CCN(C(=O)OC(C)(C)C)C1. The Morgan fingerprint density at radius 1 is 1.20 bits per heavy atom. The van der Waals surface area contributed by atoms with Crippen LogP contribution in [0.25, 0.3) is 21.5 Å². The van der Waals surface area contributed by atoms with E-state index in [-0.39, 0.29) is 30.2 Å². The van der Waals surface area contributed by atoms with Crippen molar-refractivity contribution in [2.45, 2.75) is 76.9 Å². The van der Waals surface area contributed by atoms with E-state index in [1.54, 1.807) is 51.8 Å². The number of likely N-dealkylation sites (N-methyl/N-ethyl adjacent to an activating group) is 1. The molecule has 1 unspecified atom stereocenters. The predicted octanol–water partition coefficient (Wildman–Crippen LogP) is 6.03. The van der Waals surface area contributed by atoms with Crippen LogP contribution in [0.2, 0.25) is 0 Å². The molecular weight excluding hydrogens is 597 g/mol. The third-order valence-corrected chi connectivity index (χ3v) is 9.40. The molecule has 3 aromatic rings. The second-order valence-electron chi connectivity index (χ2n) is 12.7. The summed E-state index contributed by atoms with van der Waals surface area (Å²) in [5, 5.41) is 3.37. The van der Waals surface area contributed by atoms with E-state index in [0.29, 0.717) is 64.3 Å².